The Balaban J connectivity index is 1.76. The van der Waals surface area contributed by atoms with Crippen molar-refractivity contribution >= 4 is 28.6 Å². The summed E-state index contributed by atoms with van der Waals surface area (Å²) in [7, 11) is 0. The molecule has 1 aliphatic rings. The van der Waals surface area contributed by atoms with E-state index in [0.717, 1.165) is 24.9 Å². The molecule has 0 unspecified atom stereocenters. The first-order valence-corrected chi connectivity index (χ1v) is 11.4. The SMILES string of the molecule is CC[C@H](C)c1ccc(-n2c(S[C@@H](C)C(=O)NC3CC3)nc3ccccc3c2=O)cc1. The summed E-state index contributed by atoms with van der Waals surface area (Å²) < 4.78 is 1.63. The lowest BCUT2D eigenvalue weighted by Gasteiger charge is -2.17. The monoisotopic (exact) mass is 421 g/mol. The maximum atomic E-state index is 13.4. The third-order valence-corrected chi connectivity index (χ3v) is 6.71. The molecule has 156 valence electrons. The van der Waals surface area contributed by atoms with Crippen molar-refractivity contribution in [3.05, 3.63) is 64.4 Å². The van der Waals surface area contributed by atoms with Gasteiger partial charge in [0.2, 0.25) is 5.91 Å². The van der Waals surface area contributed by atoms with Crippen LogP contribution in [0, 0.1) is 0 Å². The van der Waals surface area contributed by atoms with Crippen LogP contribution in [0.3, 0.4) is 0 Å². The average molecular weight is 422 g/mol. The summed E-state index contributed by atoms with van der Waals surface area (Å²) in [4.78, 5) is 30.6. The lowest BCUT2D eigenvalue weighted by atomic mass is 9.98. The van der Waals surface area contributed by atoms with Crippen LogP contribution in [0.4, 0.5) is 0 Å². The zero-order valence-electron chi connectivity index (χ0n) is 17.6. The van der Waals surface area contributed by atoms with Crippen molar-refractivity contribution in [1.29, 1.82) is 0 Å². The van der Waals surface area contributed by atoms with Crippen LogP contribution in [-0.2, 0) is 4.79 Å². The fourth-order valence-electron chi connectivity index (χ4n) is 3.36. The van der Waals surface area contributed by atoms with Crippen molar-refractivity contribution in [1.82, 2.24) is 14.9 Å². The Morgan fingerprint density at radius 3 is 2.53 bits per heavy atom. The highest BCUT2D eigenvalue weighted by atomic mass is 32.2. The van der Waals surface area contributed by atoms with E-state index < -0.39 is 0 Å². The maximum absolute atomic E-state index is 13.4. The number of hydrogen-bond acceptors (Lipinski definition) is 4. The Morgan fingerprint density at radius 1 is 1.17 bits per heavy atom. The maximum Gasteiger partial charge on any atom is 0.266 e. The lowest BCUT2D eigenvalue weighted by Crippen LogP contribution is -2.33. The van der Waals surface area contributed by atoms with Gasteiger partial charge in [-0.25, -0.2) is 4.98 Å². The van der Waals surface area contributed by atoms with Gasteiger partial charge in [-0.1, -0.05) is 49.9 Å². The van der Waals surface area contributed by atoms with Crippen LogP contribution < -0.4 is 10.9 Å². The first-order valence-electron chi connectivity index (χ1n) is 10.6. The molecule has 1 aromatic heterocycles. The number of thioether (sulfide) groups is 1. The van der Waals surface area contributed by atoms with Gasteiger partial charge in [0, 0.05) is 6.04 Å². The number of carbonyl (C=O) groups is 1. The molecule has 0 spiro atoms. The Hall–Kier alpha value is -2.60. The molecule has 2 atom stereocenters. The zero-order chi connectivity index (χ0) is 21.3. The number of hydrogen-bond donors (Lipinski definition) is 1. The Kier molecular flexibility index (Phi) is 5.95. The number of aromatic nitrogens is 2. The Labute approximate surface area is 180 Å². The molecule has 1 aliphatic carbocycles. The summed E-state index contributed by atoms with van der Waals surface area (Å²) in [5.74, 6) is 0.453. The predicted octanol–water partition coefficient (Wildman–Crippen LogP) is 4.66. The van der Waals surface area contributed by atoms with Gasteiger partial charge < -0.3 is 5.32 Å². The van der Waals surface area contributed by atoms with Crippen molar-refractivity contribution in [3.63, 3.8) is 0 Å². The molecule has 0 aliphatic heterocycles. The molecule has 2 aromatic carbocycles. The fourth-order valence-corrected chi connectivity index (χ4v) is 4.30. The zero-order valence-corrected chi connectivity index (χ0v) is 18.4. The van der Waals surface area contributed by atoms with Gasteiger partial charge in [0.05, 0.1) is 21.8 Å². The Bertz CT molecular complexity index is 1120. The van der Waals surface area contributed by atoms with Crippen molar-refractivity contribution in [2.24, 2.45) is 0 Å². The largest absolute Gasteiger partial charge is 0.352 e. The number of nitrogens with one attached hydrogen (secondary N) is 1. The predicted molar refractivity (Wildman–Crippen MR) is 123 cm³/mol. The quantitative estimate of drug-likeness (QED) is 0.445. The topological polar surface area (TPSA) is 64.0 Å². The van der Waals surface area contributed by atoms with Crippen LogP contribution >= 0.6 is 11.8 Å². The van der Waals surface area contributed by atoms with Gasteiger partial charge in [-0.3, -0.25) is 14.2 Å². The second kappa shape index (κ2) is 8.64. The number of carbonyl (C=O) groups excluding carboxylic acids is 1. The van der Waals surface area contributed by atoms with E-state index in [1.165, 1.54) is 17.3 Å². The molecule has 6 heteroatoms. The van der Waals surface area contributed by atoms with Gasteiger partial charge in [-0.2, -0.15) is 0 Å². The molecule has 1 fully saturated rings. The van der Waals surface area contributed by atoms with Crippen LogP contribution in [0.5, 0.6) is 0 Å². The summed E-state index contributed by atoms with van der Waals surface area (Å²) in [6, 6.07) is 15.7. The van der Waals surface area contributed by atoms with Crippen molar-refractivity contribution in [2.75, 3.05) is 0 Å². The second-order valence-corrected chi connectivity index (χ2v) is 9.30. The van der Waals surface area contributed by atoms with E-state index in [1.54, 1.807) is 10.6 Å². The highest BCUT2D eigenvalue weighted by molar-refractivity contribution is 8.00. The first kappa shape index (κ1) is 20.7. The van der Waals surface area contributed by atoms with Crippen molar-refractivity contribution in [2.45, 2.75) is 62.4 Å². The number of rotatable bonds is 7. The lowest BCUT2D eigenvalue weighted by molar-refractivity contribution is -0.120. The second-order valence-electron chi connectivity index (χ2n) is 8.00. The summed E-state index contributed by atoms with van der Waals surface area (Å²) in [5, 5.41) is 3.80. The Morgan fingerprint density at radius 2 is 1.87 bits per heavy atom. The molecule has 5 nitrogen and oxygen atoms in total. The van der Waals surface area contributed by atoms with Gasteiger partial charge in [-0.05, 0) is 61.9 Å². The van der Waals surface area contributed by atoms with Gasteiger partial charge in [0.1, 0.15) is 0 Å². The summed E-state index contributed by atoms with van der Waals surface area (Å²) in [6.45, 7) is 6.22. The number of nitrogens with zero attached hydrogens (tertiary/aromatic N) is 2. The minimum atomic E-state index is -0.343. The molecule has 0 radical (unpaired) electrons. The van der Waals surface area contributed by atoms with Crippen LogP contribution in [0.25, 0.3) is 16.6 Å². The third kappa shape index (κ3) is 4.29. The smallest absolute Gasteiger partial charge is 0.266 e. The van der Waals surface area contributed by atoms with Crippen molar-refractivity contribution < 1.29 is 4.79 Å². The van der Waals surface area contributed by atoms with E-state index in [2.05, 4.69) is 31.3 Å². The standard InChI is InChI=1S/C24H27N3O2S/c1-4-15(2)17-9-13-19(14-10-17)27-23(29)20-7-5-6-8-21(20)26-24(27)30-16(3)22(28)25-18-11-12-18/h5-10,13-16,18H,4,11-12H2,1-3H3,(H,25,28)/t15-,16-/m0/s1. The van der Waals surface area contributed by atoms with E-state index in [-0.39, 0.29) is 16.7 Å². The normalized spacial score (nSPS) is 15.7. The van der Waals surface area contributed by atoms with E-state index in [9.17, 15) is 9.59 Å². The van der Waals surface area contributed by atoms with Crippen LogP contribution in [0.2, 0.25) is 0 Å². The van der Waals surface area contributed by atoms with Gasteiger partial charge >= 0.3 is 0 Å². The summed E-state index contributed by atoms with van der Waals surface area (Å²) in [5.41, 5.74) is 2.54. The van der Waals surface area contributed by atoms with E-state index in [1.807, 2.05) is 37.3 Å². The molecule has 1 heterocycles. The van der Waals surface area contributed by atoms with Gasteiger partial charge in [0.15, 0.2) is 5.16 Å². The average Bonchev–Trinajstić information content (AvgIpc) is 3.57. The number of benzene rings is 2. The molecule has 0 saturated heterocycles. The fraction of sp³-hybridized carbons (Fsp3) is 0.375. The van der Waals surface area contributed by atoms with Crippen molar-refractivity contribution in [3.8, 4) is 5.69 Å². The van der Waals surface area contributed by atoms with E-state index >= 15 is 0 Å². The number of para-hydroxylation sites is 1. The molecule has 1 saturated carbocycles. The van der Waals surface area contributed by atoms with E-state index in [4.69, 9.17) is 4.98 Å². The van der Waals surface area contributed by atoms with Crippen LogP contribution in [-0.4, -0.2) is 26.8 Å². The highest BCUT2D eigenvalue weighted by Crippen LogP contribution is 2.27. The number of amides is 1. The van der Waals surface area contributed by atoms with Crippen LogP contribution in [0.1, 0.15) is 51.5 Å². The summed E-state index contributed by atoms with van der Waals surface area (Å²) in [6.07, 6.45) is 3.15. The van der Waals surface area contributed by atoms with Gasteiger partial charge in [0.25, 0.3) is 5.56 Å². The molecule has 1 amide bonds. The minimum Gasteiger partial charge on any atom is -0.352 e. The highest BCUT2D eigenvalue weighted by Gasteiger charge is 2.27. The van der Waals surface area contributed by atoms with E-state index in [0.29, 0.717) is 28.0 Å². The van der Waals surface area contributed by atoms with Gasteiger partial charge in [-0.15, -0.1) is 0 Å². The molecular weight excluding hydrogens is 394 g/mol. The molecule has 4 rings (SSSR count). The molecule has 30 heavy (non-hydrogen) atoms. The molecular formula is C24H27N3O2S. The molecule has 0 bridgehead atoms. The third-order valence-electron chi connectivity index (χ3n) is 5.65. The first-order chi connectivity index (χ1) is 14.5. The molecule has 3 aromatic rings. The van der Waals surface area contributed by atoms with Crippen LogP contribution in [0.15, 0.2) is 58.5 Å². The summed E-state index contributed by atoms with van der Waals surface area (Å²) >= 11 is 1.33. The number of fused-ring (bicyclic) bond motifs is 1. The minimum absolute atomic E-state index is 0.0106. The molecule has 1 N–H and O–H groups in total.